The standard InChI is InChI=1S/C15H12N4OS2/c1-9-2-3-11-12(6-9)17-15(16-11)22-8-13-18-14(20-19-13)10-4-5-21-7-10/h2-7H,8H2,1H3,(H,16,17). The molecule has 7 heteroatoms. The Morgan fingerprint density at radius 1 is 1.27 bits per heavy atom. The molecule has 0 amide bonds. The summed E-state index contributed by atoms with van der Waals surface area (Å²) in [6, 6.07) is 8.14. The molecule has 0 fully saturated rings. The number of aromatic nitrogens is 4. The summed E-state index contributed by atoms with van der Waals surface area (Å²) in [5.41, 5.74) is 4.20. The Bertz CT molecular complexity index is 911. The van der Waals surface area contributed by atoms with E-state index in [-0.39, 0.29) is 0 Å². The zero-order chi connectivity index (χ0) is 14.9. The van der Waals surface area contributed by atoms with E-state index < -0.39 is 0 Å². The number of H-pyrrole nitrogens is 1. The first-order valence-electron chi connectivity index (χ1n) is 6.72. The van der Waals surface area contributed by atoms with Gasteiger partial charge in [-0.05, 0) is 36.1 Å². The van der Waals surface area contributed by atoms with Gasteiger partial charge in [-0.25, -0.2) is 4.98 Å². The second-order valence-electron chi connectivity index (χ2n) is 4.88. The van der Waals surface area contributed by atoms with Gasteiger partial charge in [0.2, 0.25) is 0 Å². The van der Waals surface area contributed by atoms with Crippen molar-refractivity contribution >= 4 is 34.1 Å². The molecule has 0 spiro atoms. The number of thioether (sulfide) groups is 1. The second kappa shape index (κ2) is 5.58. The molecule has 5 nitrogen and oxygen atoms in total. The molecule has 3 heterocycles. The minimum absolute atomic E-state index is 0.567. The van der Waals surface area contributed by atoms with Crippen LogP contribution in [-0.2, 0) is 5.75 Å². The molecule has 0 aliphatic rings. The molecule has 0 saturated heterocycles. The van der Waals surface area contributed by atoms with Crippen molar-refractivity contribution in [2.24, 2.45) is 0 Å². The minimum Gasteiger partial charge on any atom is -0.334 e. The third kappa shape index (κ3) is 2.65. The summed E-state index contributed by atoms with van der Waals surface area (Å²) in [5, 5.41) is 8.86. The number of aryl methyl sites for hydroxylation is 1. The molecule has 0 aliphatic carbocycles. The Labute approximate surface area is 134 Å². The highest BCUT2D eigenvalue weighted by molar-refractivity contribution is 7.98. The lowest BCUT2D eigenvalue weighted by Gasteiger charge is -1.91. The van der Waals surface area contributed by atoms with Crippen LogP contribution in [0.2, 0.25) is 0 Å². The lowest BCUT2D eigenvalue weighted by Crippen LogP contribution is -1.84. The van der Waals surface area contributed by atoms with Gasteiger partial charge in [0, 0.05) is 5.38 Å². The maximum Gasteiger partial charge on any atom is 0.258 e. The molecule has 22 heavy (non-hydrogen) atoms. The summed E-state index contributed by atoms with van der Waals surface area (Å²) in [4.78, 5) is 12.3. The molecule has 0 saturated carbocycles. The van der Waals surface area contributed by atoms with Gasteiger partial charge in [0.05, 0.1) is 22.3 Å². The van der Waals surface area contributed by atoms with Crippen molar-refractivity contribution in [1.29, 1.82) is 0 Å². The highest BCUT2D eigenvalue weighted by atomic mass is 32.2. The molecule has 0 atom stereocenters. The van der Waals surface area contributed by atoms with Crippen molar-refractivity contribution < 1.29 is 4.52 Å². The van der Waals surface area contributed by atoms with Crippen LogP contribution in [0.25, 0.3) is 22.5 Å². The van der Waals surface area contributed by atoms with Crippen molar-refractivity contribution in [3.8, 4) is 11.5 Å². The van der Waals surface area contributed by atoms with E-state index >= 15 is 0 Å². The van der Waals surface area contributed by atoms with Gasteiger partial charge in [0.25, 0.3) is 5.89 Å². The Morgan fingerprint density at radius 2 is 2.23 bits per heavy atom. The van der Waals surface area contributed by atoms with Crippen molar-refractivity contribution in [3.63, 3.8) is 0 Å². The summed E-state index contributed by atoms with van der Waals surface area (Å²) >= 11 is 3.18. The average Bonchev–Trinajstić information content (AvgIpc) is 3.24. The molecule has 4 aromatic rings. The summed E-state index contributed by atoms with van der Waals surface area (Å²) < 4.78 is 5.27. The van der Waals surface area contributed by atoms with E-state index in [1.165, 1.54) is 5.56 Å². The van der Waals surface area contributed by atoms with E-state index in [1.54, 1.807) is 23.1 Å². The lowest BCUT2D eigenvalue weighted by molar-refractivity contribution is 0.425. The number of aromatic amines is 1. The molecule has 0 aliphatic heterocycles. The van der Waals surface area contributed by atoms with Crippen LogP contribution in [0, 0.1) is 6.92 Å². The fraction of sp³-hybridized carbons (Fsp3) is 0.133. The van der Waals surface area contributed by atoms with Crippen molar-refractivity contribution in [1.82, 2.24) is 20.1 Å². The maximum absolute atomic E-state index is 5.27. The summed E-state index contributed by atoms with van der Waals surface area (Å²) in [7, 11) is 0. The van der Waals surface area contributed by atoms with Crippen LogP contribution in [0.4, 0.5) is 0 Å². The molecule has 0 unspecified atom stereocenters. The quantitative estimate of drug-likeness (QED) is 0.566. The minimum atomic E-state index is 0.567. The molecule has 3 aromatic heterocycles. The van der Waals surface area contributed by atoms with E-state index in [2.05, 4.69) is 39.2 Å². The van der Waals surface area contributed by atoms with Crippen molar-refractivity contribution in [2.45, 2.75) is 17.8 Å². The van der Waals surface area contributed by atoms with Crippen LogP contribution < -0.4 is 0 Å². The van der Waals surface area contributed by atoms with E-state index in [4.69, 9.17) is 4.52 Å². The van der Waals surface area contributed by atoms with Gasteiger partial charge >= 0.3 is 0 Å². The topological polar surface area (TPSA) is 67.6 Å². The van der Waals surface area contributed by atoms with Gasteiger partial charge in [0.1, 0.15) is 0 Å². The zero-order valence-corrected chi connectivity index (χ0v) is 13.4. The summed E-state index contributed by atoms with van der Waals surface area (Å²) in [6.45, 7) is 2.07. The highest BCUT2D eigenvalue weighted by Gasteiger charge is 2.10. The largest absolute Gasteiger partial charge is 0.334 e. The van der Waals surface area contributed by atoms with Crippen LogP contribution in [0.3, 0.4) is 0 Å². The first kappa shape index (κ1) is 13.5. The number of hydrogen-bond acceptors (Lipinski definition) is 6. The second-order valence-corrected chi connectivity index (χ2v) is 6.62. The van der Waals surface area contributed by atoms with Gasteiger partial charge in [-0.1, -0.05) is 23.0 Å². The highest BCUT2D eigenvalue weighted by Crippen LogP contribution is 2.25. The monoisotopic (exact) mass is 328 g/mol. The number of nitrogens with zero attached hydrogens (tertiary/aromatic N) is 3. The number of hydrogen-bond donors (Lipinski definition) is 1. The van der Waals surface area contributed by atoms with Gasteiger partial charge in [-0.2, -0.15) is 16.3 Å². The predicted octanol–water partition coefficient (Wildman–Crippen LogP) is 4.28. The number of benzene rings is 1. The van der Waals surface area contributed by atoms with Crippen molar-refractivity contribution in [2.75, 3.05) is 0 Å². The molecule has 0 radical (unpaired) electrons. The number of fused-ring (bicyclic) bond motifs is 1. The van der Waals surface area contributed by atoms with Gasteiger partial charge in [-0.15, -0.1) is 0 Å². The molecule has 1 aromatic carbocycles. The van der Waals surface area contributed by atoms with E-state index in [1.807, 2.05) is 22.9 Å². The van der Waals surface area contributed by atoms with Crippen molar-refractivity contribution in [3.05, 3.63) is 46.4 Å². The van der Waals surface area contributed by atoms with Crippen LogP contribution >= 0.6 is 23.1 Å². The molecule has 0 bridgehead atoms. The number of thiophene rings is 1. The molecule has 1 N–H and O–H groups in total. The Hall–Kier alpha value is -2.12. The molecular weight excluding hydrogens is 316 g/mol. The molecule has 4 rings (SSSR count). The Morgan fingerprint density at radius 3 is 3.09 bits per heavy atom. The fourth-order valence-electron chi connectivity index (χ4n) is 2.12. The SMILES string of the molecule is Cc1ccc2nc(SCc3noc(-c4ccsc4)n3)[nH]c2c1. The Balaban J connectivity index is 1.49. The lowest BCUT2D eigenvalue weighted by atomic mass is 10.2. The van der Waals surface area contributed by atoms with E-state index in [0.29, 0.717) is 17.5 Å². The van der Waals surface area contributed by atoms with Crippen LogP contribution in [0.1, 0.15) is 11.4 Å². The third-order valence-electron chi connectivity index (χ3n) is 3.19. The Kier molecular flexibility index (Phi) is 3.44. The van der Waals surface area contributed by atoms with Gasteiger partial charge < -0.3 is 9.51 Å². The summed E-state index contributed by atoms with van der Waals surface area (Å²) in [6.07, 6.45) is 0. The molecular formula is C15H12N4OS2. The van der Waals surface area contributed by atoms with E-state index in [0.717, 1.165) is 21.8 Å². The van der Waals surface area contributed by atoms with Crippen LogP contribution in [0.15, 0.2) is 44.7 Å². The van der Waals surface area contributed by atoms with E-state index in [9.17, 15) is 0 Å². The normalized spacial score (nSPS) is 11.3. The number of imidazole rings is 1. The summed E-state index contributed by atoms with van der Waals surface area (Å²) in [5.74, 6) is 1.85. The van der Waals surface area contributed by atoms with Crippen LogP contribution in [-0.4, -0.2) is 20.1 Å². The van der Waals surface area contributed by atoms with Gasteiger partial charge in [-0.3, -0.25) is 0 Å². The van der Waals surface area contributed by atoms with Gasteiger partial charge in [0.15, 0.2) is 11.0 Å². The average molecular weight is 328 g/mol. The fourth-order valence-corrected chi connectivity index (χ4v) is 3.48. The first-order chi connectivity index (χ1) is 10.8. The maximum atomic E-state index is 5.27. The number of nitrogens with one attached hydrogen (secondary N) is 1. The first-order valence-corrected chi connectivity index (χ1v) is 8.65. The zero-order valence-electron chi connectivity index (χ0n) is 11.7. The third-order valence-corrected chi connectivity index (χ3v) is 4.74. The molecule has 110 valence electrons. The predicted molar refractivity (Wildman–Crippen MR) is 88.0 cm³/mol. The smallest absolute Gasteiger partial charge is 0.258 e. The van der Waals surface area contributed by atoms with Crippen LogP contribution in [0.5, 0.6) is 0 Å². The number of rotatable bonds is 4.